The van der Waals surface area contributed by atoms with Crippen molar-refractivity contribution in [2.24, 2.45) is 0 Å². The molecule has 0 amide bonds. The average molecular weight is 601 g/mol. The highest BCUT2D eigenvalue weighted by molar-refractivity contribution is 6.30. The molecule has 0 aliphatic rings. The lowest BCUT2D eigenvalue weighted by atomic mass is 9.98. The first-order valence-electron chi connectivity index (χ1n) is 15.9. The molecule has 0 unspecified atom stereocenters. The fourth-order valence-corrected chi connectivity index (χ4v) is 7.78. The number of furan rings is 1. The number of benzene rings is 7. The lowest BCUT2D eigenvalue weighted by Crippen LogP contribution is -2.06. The summed E-state index contributed by atoms with van der Waals surface area (Å²) in [7, 11) is 0. The van der Waals surface area contributed by atoms with Crippen LogP contribution in [0.5, 0.6) is 0 Å². The largest absolute Gasteiger partial charge is 0.450 e. The zero-order valence-corrected chi connectivity index (χ0v) is 25.1. The predicted molar refractivity (Wildman–Crippen MR) is 193 cm³/mol. The maximum absolute atomic E-state index is 7.02. The van der Waals surface area contributed by atoms with Crippen LogP contribution in [0.1, 0.15) is 0 Å². The molecule has 0 bridgehead atoms. The van der Waals surface area contributed by atoms with Crippen LogP contribution in [0.25, 0.3) is 99.0 Å². The quantitative estimate of drug-likeness (QED) is 0.186. The van der Waals surface area contributed by atoms with E-state index in [-0.39, 0.29) is 0 Å². The Morgan fingerprint density at radius 1 is 0.362 bits per heavy atom. The summed E-state index contributed by atoms with van der Waals surface area (Å²) in [6.45, 7) is 0. The molecule has 47 heavy (non-hydrogen) atoms. The molecule has 0 spiro atoms. The summed E-state index contributed by atoms with van der Waals surface area (Å²) in [5, 5.41) is 10.2. The average Bonchev–Trinajstić information content (AvgIpc) is 3.80. The van der Waals surface area contributed by atoms with Crippen LogP contribution in [0.4, 0.5) is 0 Å². The standard InChI is InChI=1S/C42H24N4O/c1-3-19-31-25(13-1)26-14-2-4-20-32(26)39-37(31)38-40(47-39)41(45-33-21-9-5-15-27(33)28-16-6-10-22-34(28)45)44-42(43-38)46-35-23-11-7-17-29(35)30-18-8-12-24-36(30)46/h1-24H. The van der Waals surface area contributed by atoms with Crippen molar-refractivity contribution in [2.45, 2.75) is 0 Å². The highest BCUT2D eigenvalue weighted by Gasteiger charge is 2.25. The third-order valence-corrected chi connectivity index (χ3v) is 9.73. The molecule has 11 rings (SSSR count). The highest BCUT2D eigenvalue weighted by atomic mass is 16.3. The molecule has 0 N–H and O–H groups in total. The SMILES string of the molecule is c1ccc2c(c1)c1ccccc1c1c3nc(-n4c5ccccc5c5ccccc54)nc(-n4c5ccccc5c5ccccc54)c3oc21. The number of fused-ring (bicyclic) bond motifs is 14. The van der Waals surface area contributed by atoms with E-state index in [2.05, 4.69) is 155 Å². The summed E-state index contributed by atoms with van der Waals surface area (Å²) in [5.74, 6) is 1.32. The summed E-state index contributed by atoms with van der Waals surface area (Å²) < 4.78 is 11.5. The Kier molecular flexibility index (Phi) is 4.78. The number of hydrogen-bond acceptors (Lipinski definition) is 3. The van der Waals surface area contributed by atoms with Gasteiger partial charge in [0.05, 0.1) is 27.5 Å². The first kappa shape index (κ1) is 24.8. The summed E-state index contributed by atoms with van der Waals surface area (Å²) in [5.41, 5.74) is 6.54. The lowest BCUT2D eigenvalue weighted by Gasteiger charge is -2.11. The van der Waals surface area contributed by atoms with Crippen molar-refractivity contribution in [3.05, 3.63) is 146 Å². The number of hydrogen-bond donors (Lipinski definition) is 0. The van der Waals surface area contributed by atoms with Gasteiger partial charge in [-0.05, 0) is 40.4 Å². The van der Waals surface area contributed by atoms with E-state index in [4.69, 9.17) is 14.4 Å². The Bertz CT molecular complexity index is 2980. The second-order valence-corrected chi connectivity index (χ2v) is 12.2. The van der Waals surface area contributed by atoms with Gasteiger partial charge in [0, 0.05) is 26.9 Å². The fourth-order valence-electron chi connectivity index (χ4n) is 7.78. The Morgan fingerprint density at radius 2 is 0.766 bits per heavy atom. The zero-order valence-electron chi connectivity index (χ0n) is 25.1. The smallest absolute Gasteiger partial charge is 0.237 e. The van der Waals surface area contributed by atoms with Gasteiger partial charge in [-0.15, -0.1) is 0 Å². The maximum Gasteiger partial charge on any atom is 0.237 e. The van der Waals surface area contributed by atoms with Crippen LogP contribution in [0, 0.1) is 0 Å². The van der Waals surface area contributed by atoms with Gasteiger partial charge in [-0.25, -0.2) is 4.98 Å². The first-order chi connectivity index (χ1) is 23.3. The summed E-state index contributed by atoms with van der Waals surface area (Å²) in [6.07, 6.45) is 0. The molecule has 0 fully saturated rings. The Labute approximate surface area is 267 Å². The molecule has 7 aromatic carbocycles. The van der Waals surface area contributed by atoms with Crippen molar-refractivity contribution in [1.82, 2.24) is 19.1 Å². The first-order valence-corrected chi connectivity index (χ1v) is 15.9. The highest BCUT2D eigenvalue weighted by Crippen LogP contribution is 2.43. The monoisotopic (exact) mass is 600 g/mol. The molecule has 4 heterocycles. The molecule has 0 aliphatic heterocycles. The normalized spacial score (nSPS) is 12.3. The van der Waals surface area contributed by atoms with Gasteiger partial charge in [-0.2, -0.15) is 4.98 Å². The van der Waals surface area contributed by atoms with E-state index < -0.39 is 0 Å². The van der Waals surface area contributed by atoms with E-state index >= 15 is 0 Å². The van der Waals surface area contributed by atoms with Crippen LogP contribution >= 0.6 is 0 Å². The van der Waals surface area contributed by atoms with Crippen molar-refractivity contribution < 1.29 is 4.42 Å². The van der Waals surface area contributed by atoms with Crippen LogP contribution in [0.3, 0.4) is 0 Å². The van der Waals surface area contributed by atoms with Gasteiger partial charge in [-0.3, -0.25) is 9.13 Å². The van der Waals surface area contributed by atoms with Crippen molar-refractivity contribution >= 4 is 87.2 Å². The van der Waals surface area contributed by atoms with E-state index in [1.165, 1.54) is 26.9 Å². The molecule has 5 heteroatoms. The lowest BCUT2D eigenvalue weighted by molar-refractivity contribution is 0.665. The van der Waals surface area contributed by atoms with Crippen molar-refractivity contribution in [2.75, 3.05) is 0 Å². The molecule has 0 saturated heterocycles. The Balaban J connectivity index is 1.40. The molecule has 0 saturated carbocycles. The van der Waals surface area contributed by atoms with Gasteiger partial charge in [-0.1, -0.05) is 121 Å². The Morgan fingerprint density at radius 3 is 1.30 bits per heavy atom. The van der Waals surface area contributed by atoms with E-state index in [9.17, 15) is 0 Å². The van der Waals surface area contributed by atoms with Gasteiger partial charge < -0.3 is 4.42 Å². The van der Waals surface area contributed by atoms with E-state index in [0.29, 0.717) is 17.3 Å². The molecule has 4 aromatic heterocycles. The number of nitrogens with zero attached hydrogens (tertiary/aromatic N) is 4. The van der Waals surface area contributed by atoms with Gasteiger partial charge in [0.2, 0.25) is 5.95 Å². The Hall–Kier alpha value is -6.46. The van der Waals surface area contributed by atoms with Crippen LogP contribution in [0.15, 0.2) is 150 Å². The van der Waals surface area contributed by atoms with E-state index in [1.54, 1.807) is 0 Å². The van der Waals surface area contributed by atoms with Crippen molar-refractivity contribution in [1.29, 1.82) is 0 Å². The molecule has 11 aromatic rings. The third-order valence-electron chi connectivity index (χ3n) is 9.73. The second-order valence-electron chi connectivity index (χ2n) is 12.2. The minimum absolute atomic E-state index is 0.603. The van der Waals surface area contributed by atoms with E-state index in [0.717, 1.165) is 54.7 Å². The maximum atomic E-state index is 7.02. The number of para-hydroxylation sites is 4. The van der Waals surface area contributed by atoms with Crippen LogP contribution in [-0.2, 0) is 0 Å². The van der Waals surface area contributed by atoms with Gasteiger partial charge in [0.25, 0.3) is 0 Å². The molecule has 218 valence electrons. The van der Waals surface area contributed by atoms with Gasteiger partial charge in [0.15, 0.2) is 11.4 Å². The number of rotatable bonds is 2. The van der Waals surface area contributed by atoms with Gasteiger partial charge >= 0.3 is 0 Å². The predicted octanol–water partition coefficient (Wildman–Crippen LogP) is 10.9. The molecule has 0 radical (unpaired) electrons. The van der Waals surface area contributed by atoms with Crippen LogP contribution in [0.2, 0.25) is 0 Å². The second kappa shape index (κ2) is 9.05. The third kappa shape index (κ3) is 3.22. The van der Waals surface area contributed by atoms with E-state index in [1.807, 2.05) is 0 Å². The molecule has 5 nitrogen and oxygen atoms in total. The van der Waals surface area contributed by atoms with Gasteiger partial charge in [0.1, 0.15) is 11.1 Å². The molecule has 0 aliphatic carbocycles. The fraction of sp³-hybridized carbons (Fsp3) is 0. The molecule has 0 atom stereocenters. The zero-order chi connectivity index (χ0) is 30.6. The van der Waals surface area contributed by atoms with Crippen molar-refractivity contribution in [3.8, 4) is 11.8 Å². The minimum Gasteiger partial charge on any atom is -0.450 e. The molecular weight excluding hydrogens is 576 g/mol. The van der Waals surface area contributed by atoms with Crippen LogP contribution in [-0.4, -0.2) is 19.1 Å². The minimum atomic E-state index is 0.603. The van der Waals surface area contributed by atoms with Crippen LogP contribution < -0.4 is 0 Å². The topological polar surface area (TPSA) is 48.8 Å². The summed E-state index contributed by atoms with van der Waals surface area (Å²) in [6, 6.07) is 51.1. The number of aromatic nitrogens is 4. The summed E-state index contributed by atoms with van der Waals surface area (Å²) in [4.78, 5) is 10.9. The molecular formula is C42H24N4O. The van der Waals surface area contributed by atoms with Crippen molar-refractivity contribution in [3.63, 3.8) is 0 Å². The summed E-state index contributed by atoms with van der Waals surface area (Å²) >= 11 is 0.